The van der Waals surface area contributed by atoms with Crippen LogP contribution in [0.15, 0.2) is 30.5 Å². The van der Waals surface area contributed by atoms with Crippen molar-refractivity contribution in [2.24, 2.45) is 0 Å². The number of nitrogens with zero attached hydrogens (tertiary/aromatic N) is 4. The highest BCUT2D eigenvalue weighted by Gasteiger charge is 2.10. The lowest BCUT2D eigenvalue weighted by Gasteiger charge is -2.00. The summed E-state index contributed by atoms with van der Waals surface area (Å²) in [6.45, 7) is 0.230. The minimum Gasteiger partial charge on any atom is -0.288 e. The van der Waals surface area contributed by atoms with Crippen molar-refractivity contribution in [3.05, 3.63) is 51.8 Å². The first-order chi connectivity index (χ1) is 9.10. The van der Waals surface area contributed by atoms with Crippen molar-refractivity contribution in [2.75, 3.05) is 0 Å². The summed E-state index contributed by atoms with van der Waals surface area (Å²) in [6, 6.07) is 6.05. The van der Waals surface area contributed by atoms with E-state index in [2.05, 4.69) is 10.3 Å². The zero-order valence-corrected chi connectivity index (χ0v) is 9.55. The quantitative estimate of drug-likeness (QED) is 0.466. The molecule has 2 rings (SSSR count). The summed E-state index contributed by atoms with van der Waals surface area (Å²) >= 11 is 0. The smallest absolute Gasteiger partial charge is 0.288 e. The van der Waals surface area contributed by atoms with Crippen LogP contribution >= 0.6 is 0 Å². The highest BCUT2D eigenvalue weighted by atomic mass is 16.6. The number of hydrogen-bond acceptors (Lipinski definition) is 6. The molecule has 0 fully saturated rings. The lowest BCUT2D eigenvalue weighted by Crippen LogP contribution is -2.18. The maximum absolute atomic E-state index is 11.1. The molecule has 9 nitrogen and oxygen atoms in total. The van der Waals surface area contributed by atoms with Gasteiger partial charge in [-0.25, -0.2) is 10.2 Å². The Morgan fingerprint density at radius 3 is 3.00 bits per heavy atom. The second-order valence-electron chi connectivity index (χ2n) is 3.67. The lowest BCUT2D eigenvalue weighted by atomic mass is 10.2. The molecule has 1 amide bonds. The summed E-state index contributed by atoms with van der Waals surface area (Å²) in [6.07, 6.45) is 1.32. The van der Waals surface area contributed by atoms with E-state index in [1.54, 1.807) is 12.1 Å². The van der Waals surface area contributed by atoms with E-state index >= 15 is 0 Å². The lowest BCUT2D eigenvalue weighted by molar-refractivity contribution is -0.384. The molecule has 0 aliphatic rings. The SMILES string of the molecule is O=C(NO)c1cn(Cc2cccc([N+](=O)[O-])c2)nn1. The third kappa shape index (κ3) is 2.90. The van der Waals surface area contributed by atoms with Crippen molar-refractivity contribution >= 4 is 11.6 Å². The van der Waals surface area contributed by atoms with E-state index in [0.29, 0.717) is 5.56 Å². The second-order valence-corrected chi connectivity index (χ2v) is 3.67. The van der Waals surface area contributed by atoms with Crippen LogP contribution in [0.5, 0.6) is 0 Å². The van der Waals surface area contributed by atoms with Gasteiger partial charge in [-0.05, 0) is 5.56 Å². The predicted molar refractivity (Wildman–Crippen MR) is 61.5 cm³/mol. The summed E-state index contributed by atoms with van der Waals surface area (Å²) in [5.74, 6) is -0.773. The molecule has 0 unspecified atom stereocenters. The molecule has 0 spiro atoms. The number of non-ortho nitro benzene ring substituents is 1. The van der Waals surface area contributed by atoms with Gasteiger partial charge in [-0.15, -0.1) is 5.10 Å². The van der Waals surface area contributed by atoms with Gasteiger partial charge >= 0.3 is 0 Å². The van der Waals surface area contributed by atoms with Crippen molar-refractivity contribution in [1.82, 2.24) is 20.5 Å². The largest absolute Gasteiger partial charge is 0.296 e. The monoisotopic (exact) mass is 263 g/mol. The summed E-state index contributed by atoms with van der Waals surface area (Å²) in [4.78, 5) is 21.2. The molecular formula is C10H9N5O4. The molecule has 1 aromatic heterocycles. The van der Waals surface area contributed by atoms with E-state index in [1.165, 1.54) is 28.5 Å². The van der Waals surface area contributed by atoms with Gasteiger partial charge in [0.15, 0.2) is 5.69 Å². The molecule has 0 bridgehead atoms. The van der Waals surface area contributed by atoms with Gasteiger partial charge in [0.25, 0.3) is 11.6 Å². The number of rotatable bonds is 4. The summed E-state index contributed by atoms with van der Waals surface area (Å²) < 4.78 is 1.34. The van der Waals surface area contributed by atoms with Crippen molar-refractivity contribution in [2.45, 2.75) is 6.54 Å². The van der Waals surface area contributed by atoms with Gasteiger partial charge in [0.05, 0.1) is 17.7 Å². The number of hydroxylamine groups is 1. The Bertz CT molecular complexity index is 624. The molecule has 19 heavy (non-hydrogen) atoms. The minimum atomic E-state index is -0.773. The summed E-state index contributed by atoms with van der Waals surface area (Å²) in [5.41, 5.74) is 2.02. The first-order valence-corrected chi connectivity index (χ1v) is 5.18. The van der Waals surface area contributed by atoms with Gasteiger partial charge in [-0.1, -0.05) is 17.3 Å². The fourth-order valence-corrected chi connectivity index (χ4v) is 1.49. The van der Waals surface area contributed by atoms with Gasteiger partial charge in [0.1, 0.15) is 0 Å². The van der Waals surface area contributed by atoms with E-state index in [0.717, 1.165) is 0 Å². The average molecular weight is 263 g/mol. The first-order valence-electron chi connectivity index (χ1n) is 5.18. The standard InChI is InChI=1S/C10H9N5O4/c16-10(12-17)9-6-14(13-11-9)5-7-2-1-3-8(4-7)15(18)19/h1-4,6,17H,5H2,(H,12,16). The maximum Gasteiger partial charge on any atom is 0.296 e. The zero-order chi connectivity index (χ0) is 13.8. The minimum absolute atomic E-state index is 0.0223. The van der Waals surface area contributed by atoms with E-state index in [-0.39, 0.29) is 17.9 Å². The molecule has 2 aromatic rings. The van der Waals surface area contributed by atoms with Crippen LogP contribution in [0.4, 0.5) is 5.69 Å². The number of carbonyl (C=O) groups is 1. The van der Waals surface area contributed by atoms with Crippen molar-refractivity contribution in [3.63, 3.8) is 0 Å². The molecule has 0 saturated heterocycles. The van der Waals surface area contributed by atoms with E-state index < -0.39 is 10.8 Å². The summed E-state index contributed by atoms with van der Waals surface area (Å²) in [7, 11) is 0. The molecule has 1 aromatic carbocycles. The highest BCUT2D eigenvalue weighted by molar-refractivity contribution is 5.90. The van der Waals surface area contributed by atoms with Crippen LogP contribution in [0.3, 0.4) is 0 Å². The van der Waals surface area contributed by atoms with Crippen LogP contribution in [0.25, 0.3) is 0 Å². The van der Waals surface area contributed by atoms with Crippen LogP contribution in [-0.4, -0.2) is 31.0 Å². The van der Waals surface area contributed by atoms with E-state index in [4.69, 9.17) is 5.21 Å². The Morgan fingerprint density at radius 2 is 2.32 bits per heavy atom. The normalized spacial score (nSPS) is 10.2. The van der Waals surface area contributed by atoms with Crippen LogP contribution in [-0.2, 0) is 6.54 Å². The van der Waals surface area contributed by atoms with E-state index in [1.807, 2.05) is 0 Å². The topological polar surface area (TPSA) is 123 Å². The second kappa shape index (κ2) is 5.23. The molecule has 1 heterocycles. The number of carbonyl (C=O) groups excluding carboxylic acids is 1. The Morgan fingerprint density at radius 1 is 1.53 bits per heavy atom. The highest BCUT2D eigenvalue weighted by Crippen LogP contribution is 2.13. The van der Waals surface area contributed by atoms with Crippen LogP contribution < -0.4 is 5.48 Å². The van der Waals surface area contributed by atoms with Crippen molar-refractivity contribution < 1.29 is 14.9 Å². The number of nitro benzene ring substituents is 1. The van der Waals surface area contributed by atoms with Crippen molar-refractivity contribution in [1.29, 1.82) is 0 Å². The third-order valence-corrected chi connectivity index (χ3v) is 2.34. The number of benzene rings is 1. The van der Waals surface area contributed by atoms with Gasteiger partial charge in [-0.3, -0.25) is 20.1 Å². The molecule has 0 radical (unpaired) electrons. The Hall–Kier alpha value is -2.81. The molecule has 9 heteroatoms. The molecule has 0 aliphatic heterocycles. The zero-order valence-electron chi connectivity index (χ0n) is 9.55. The molecule has 2 N–H and O–H groups in total. The molecular weight excluding hydrogens is 254 g/mol. The van der Waals surface area contributed by atoms with Gasteiger partial charge in [-0.2, -0.15) is 0 Å². The average Bonchev–Trinajstić information content (AvgIpc) is 2.86. The number of nitrogens with one attached hydrogen (secondary N) is 1. The molecule has 0 aliphatic carbocycles. The Balaban J connectivity index is 2.17. The van der Waals surface area contributed by atoms with Crippen LogP contribution in [0, 0.1) is 10.1 Å². The van der Waals surface area contributed by atoms with Crippen molar-refractivity contribution in [3.8, 4) is 0 Å². The predicted octanol–water partition coefficient (Wildman–Crippen LogP) is 0.354. The molecule has 0 atom stereocenters. The Labute approximate surface area is 106 Å². The van der Waals surface area contributed by atoms with Gasteiger partial charge in [0, 0.05) is 12.1 Å². The molecule has 0 saturated carbocycles. The maximum atomic E-state index is 11.1. The fourth-order valence-electron chi connectivity index (χ4n) is 1.49. The fraction of sp³-hybridized carbons (Fsp3) is 0.100. The molecule has 98 valence electrons. The van der Waals surface area contributed by atoms with Gasteiger partial charge < -0.3 is 0 Å². The number of aromatic nitrogens is 3. The van der Waals surface area contributed by atoms with Crippen LogP contribution in [0.2, 0.25) is 0 Å². The van der Waals surface area contributed by atoms with E-state index in [9.17, 15) is 14.9 Å². The van der Waals surface area contributed by atoms with Gasteiger partial charge in [0.2, 0.25) is 0 Å². The summed E-state index contributed by atoms with van der Waals surface area (Å²) in [5, 5.41) is 26.3. The number of amides is 1. The third-order valence-electron chi connectivity index (χ3n) is 2.34. The first kappa shape index (κ1) is 12.6. The number of nitro groups is 1. The van der Waals surface area contributed by atoms with Crippen LogP contribution in [0.1, 0.15) is 16.1 Å². The number of hydrogen-bond donors (Lipinski definition) is 2. The Kier molecular flexibility index (Phi) is 3.48.